The molecule has 0 fully saturated rings. The molecule has 0 unspecified atom stereocenters. The van der Waals surface area contributed by atoms with Crippen LogP contribution in [0.15, 0.2) is 52.7 Å². The SMILES string of the molecule is C/C(=N/Nc1nc(SCC(=O)NCc2cccc(C(F)(F)F)c2)n[nH]1)c1ccc2c(c1)OCO2. The minimum Gasteiger partial charge on any atom is -0.454 e. The third-order valence-corrected chi connectivity index (χ3v) is 5.51. The minimum absolute atomic E-state index is 0.00422. The molecule has 0 saturated heterocycles. The van der Waals surface area contributed by atoms with Crippen LogP contribution < -0.4 is 20.2 Å². The number of fused-ring (bicyclic) bond motifs is 1. The van der Waals surface area contributed by atoms with E-state index < -0.39 is 11.7 Å². The van der Waals surface area contributed by atoms with Gasteiger partial charge in [0.1, 0.15) is 0 Å². The average molecular weight is 492 g/mol. The Labute approximate surface area is 196 Å². The largest absolute Gasteiger partial charge is 0.454 e. The van der Waals surface area contributed by atoms with Crippen LogP contribution in [-0.4, -0.2) is 39.3 Å². The first-order valence-electron chi connectivity index (χ1n) is 9.96. The Morgan fingerprint density at radius 2 is 2.03 bits per heavy atom. The number of aromatic amines is 1. The summed E-state index contributed by atoms with van der Waals surface area (Å²) in [5.74, 6) is 1.25. The monoisotopic (exact) mass is 492 g/mol. The van der Waals surface area contributed by atoms with E-state index in [1.54, 1.807) is 6.07 Å². The van der Waals surface area contributed by atoms with Gasteiger partial charge in [-0.2, -0.15) is 23.3 Å². The molecule has 0 atom stereocenters. The third-order valence-electron chi connectivity index (χ3n) is 4.66. The molecule has 2 aromatic carbocycles. The lowest BCUT2D eigenvalue weighted by Crippen LogP contribution is -2.24. The summed E-state index contributed by atoms with van der Waals surface area (Å²) in [6.07, 6.45) is -4.43. The average Bonchev–Trinajstić information content (AvgIpc) is 3.48. The number of hydrogen-bond donors (Lipinski definition) is 3. The second-order valence-electron chi connectivity index (χ2n) is 7.11. The van der Waals surface area contributed by atoms with Gasteiger partial charge in [-0.25, -0.2) is 10.5 Å². The van der Waals surface area contributed by atoms with Crippen molar-refractivity contribution in [3.63, 3.8) is 0 Å². The number of aromatic nitrogens is 3. The molecule has 1 amide bonds. The van der Waals surface area contributed by atoms with Crippen molar-refractivity contribution in [2.45, 2.75) is 24.8 Å². The van der Waals surface area contributed by atoms with Gasteiger partial charge in [0.05, 0.1) is 17.0 Å². The van der Waals surface area contributed by atoms with Gasteiger partial charge in [0.15, 0.2) is 11.5 Å². The number of hydrogen-bond acceptors (Lipinski definition) is 8. The van der Waals surface area contributed by atoms with Crippen molar-refractivity contribution < 1.29 is 27.4 Å². The predicted molar refractivity (Wildman–Crippen MR) is 119 cm³/mol. The van der Waals surface area contributed by atoms with Crippen molar-refractivity contribution in [3.8, 4) is 11.5 Å². The highest BCUT2D eigenvalue weighted by molar-refractivity contribution is 7.99. The van der Waals surface area contributed by atoms with Crippen LogP contribution in [0.5, 0.6) is 11.5 Å². The number of carbonyl (C=O) groups excluding carboxylic acids is 1. The molecule has 3 N–H and O–H groups in total. The first kappa shape index (κ1) is 23.4. The van der Waals surface area contributed by atoms with Crippen molar-refractivity contribution >= 4 is 29.3 Å². The molecule has 0 radical (unpaired) electrons. The fourth-order valence-electron chi connectivity index (χ4n) is 2.92. The molecule has 0 spiro atoms. The van der Waals surface area contributed by atoms with E-state index in [1.165, 1.54) is 12.1 Å². The van der Waals surface area contributed by atoms with Gasteiger partial charge in [-0.3, -0.25) is 4.79 Å². The quantitative estimate of drug-likeness (QED) is 0.249. The number of alkyl halides is 3. The lowest BCUT2D eigenvalue weighted by molar-refractivity contribution is -0.137. The maximum Gasteiger partial charge on any atom is 0.416 e. The summed E-state index contributed by atoms with van der Waals surface area (Å²) in [7, 11) is 0. The first-order chi connectivity index (χ1) is 16.3. The number of H-pyrrole nitrogens is 1. The molecule has 1 aromatic heterocycles. The van der Waals surface area contributed by atoms with Crippen LogP contribution in [0, 0.1) is 0 Å². The second kappa shape index (κ2) is 10.0. The number of anilines is 1. The van der Waals surface area contributed by atoms with Crippen LogP contribution in [-0.2, 0) is 17.5 Å². The maximum atomic E-state index is 12.8. The summed E-state index contributed by atoms with van der Waals surface area (Å²) in [4.78, 5) is 16.2. The standard InChI is InChI=1S/C21H19F3N6O3S/c1-12(14-5-6-16-17(8-14)33-11-32-16)27-28-19-26-20(30-29-19)34-10-18(31)25-9-13-3-2-4-15(7-13)21(22,23)24/h2-8H,9-11H2,1H3,(H,25,31)(H2,26,28,29,30)/b27-12-. The van der Waals surface area contributed by atoms with Crippen LogP contribution in [0.3, 0.4) is 0 Å². The molecule has 3 aromatic rings. The Morgan fingerprint density at radius 1 is 1.21 bits per heavy atom. The first-order valence-corrected chi connectivity index (χ1v) is 10.9. The molecular weight excluding hydrogens is 473 g/mol. The van der Waals surface area contributed by atoms with Gasteiger partial charge in [-0.05, 0) is 42.8 Å². The number of nitrogens with one attached hydrogen (secondary N) is 3. The molecule has 34 heavy (non-hydrogen) atoms. The molecule has 0 bridgehead atoms. The zero-order valence-electron chi connectivity index (χ0n) is 17.8. The van der Waals surface area contributed by atoms with Gasteiger partial charge >= 0.3 is 6.18 Å². The van der Waals surface area contributed by atoms with Crippen LogP contribution in [0.1, 0.15) is 23.6 Å². The summed E-state index contributed by atoms with van der Waals surface area (Å²) in [5.41, 5.74) is 3.88. The van der Waals surface area contributed by atoms with Gasteiger partial charge < -0.3 is 14.8 Å². The molecule has 9 nitrogen and oxygen atoms in total. The number of ether oxygens (including phenoxy) is 2. The number of carbonyl (C=O) groups is 1. The van der Waals surface area contributed by atoms with Crippen molar-refractivity contribution in [3.05, 3.63) is 59.2 Å². The smallest absolute Gasteiger partial charge is 0.416 e. The van der Waals surface area contributed by atoms with Crippen molar-refractivity contribution in [2.24, 2.45) is 5.10 Å². The normalized spacial score (nSPS) is 13.1. The molecule has 4 rings (SSSR count). The highest BCUT2D eigenvalue weighted by atomic mass is 32.2. The summed E-state index contributed by atoms with van der Waals surface area (Å²) >= 11 is 1.07. The van der Waals surface area contributed by atoms with E-state index in [-0.39, 0.29) is 30.9 Å². The Kier molecular flexibility index (Phi) is 6.91. The van der Waals surface area contributed by atoms with Gasteiger partial charge in [-0.1, -0.05) is 23.9 Å². The Balaban J connectivity index is 1.24. The molecule has 178 valence electrons. The van der Waals surface area contributed by atoms with Crippen LogP contribution in [0.2, 0.25) is 0 Å². The zero-order chi connectivity index (χ0) is 24.1. The molecule has 2 heterocycles. The van der Waals surface area contributed by atoms with Crippen molar-refractivity contribution in [1.82, 2.24) is 20.5 Å². The number of halogens is 3. The van der Waals surface area contributed by atoms with E-state index in [4.69, 9.17) is 9.47 Å². The molecule has 1 aliphatic rings. The Bertz CT molecular complexity index is 1210. The number of hydrazone groups is 1. The highest BCUT2D eigenvalue weighted by Gasteiger charge is 2.30. The lowest BCUT2D eigenvalue weighted by atomic mass is 10.1. The van der Waals surface area contributed by atoms with E-state index in [0.717, 1.165) is 29.5 Å². The molecule has 1 aliphatic heterocycles. The van der Waals surface area contributed by atoms with E-state index in [9.17, 15) is 18.0 Å². The minimum atomic E-state index is -4.43. The fourth-order valence-corrected chi connectivity index (χ4v) is 3.55. The topological polar surface area (TPSA) is 114 Å². The number of amides is 1. The molecule has 0 saturated carbocycles. The Morgan fingerprint density at radius 3 is 2.85 bits per heavy atom. The van der Waals surface area contributed by atoms with Gasteiger partial charge in [0, 0.05) is 12.1 Å². The molecular formula is C21H19F3N6O3S. The zero-order valence-corrected chi connectivity index (χ0v) is 18.6. The van der Waals surface area contributed by atoms with Crippen molar-refractivity contribution in [2.75, 3.05) is 18.0 Å². The van der Waals surface area contributed by atoms with E-state index in [0.29, 0.717) is 27.9 Å². The van der Waals surface area contributed by atoms with Gasteiger partial charge in [-0.15, -0.1) is 5.10 Å². The second-order valence-corrected chi connectivity index (χ2v) is 8.05. The van der Waals surface area contributed by atoms with E-state index >= 15 is 0 Å². The van der Waals surface area contributed by atoms with E-state index in [2.05, 4.69) is 31.0 Å². The molecule has 13 heteroatoms. The third kappa shape index (κ3) is 5.98. The van der Waals surface area contributed by atoms with Crippen molar-refractivity contribution in [1.29, 1.82) is 0 Å². The molecule has 0 aliphatic carbocycles. The predicted octanol–water partition coefficient (Wildman–Crippen LogP) is 3.80. The van der Waals surface area contributed by atoms with E-state index in [1.807, 2.05) is 19.1 Å². The lowest BCUT2D eigenvalue weighted by Gasteiger charge is -2.09. The number of nitrogens with zero attached hydrogens (tertiary/aromatic N) is 3. The highest BCUT2D eigenvalue weighted by Crippen LogP contribution is 2.32. The summed E-state index contributed by atoms with van der Waals surface area (Å²) in [6.45, 7) is 1.98. The Hall–Kier alpha value is -3.74. The fraction of sp³-hybridized carbons (Fsp3) is 0.238. The number of rotatable bonds is 8. The maximum absolute atomic E-state index is 12.8. The van der Waals surface area contributed by atoms with Crippen LogP contribution in [0.25, 0.3) is 0 Å². The summed E-state index contributed by atoms with van der Waals surface area (Å²) in [5, 5.41) is 13.8. The number of benzene rings is 2. The van der Waals surface area contributed by atoms with Gasteiger partial charge in [0.2, 0.25) is 23.8 Å². The van der Waals surface area contributed by atoms with Crippen LogP contribution >= 0.6 is 11.8 Å². The number of thioether (sulfide) groups is 1. The summed E-state index contributed by atoms with van der Waals surface area (Å²) < 4.78 is 49.0. The van der Waals surface area contributed by atoms with Gasteiger partial charge in [0.25, 0.3) is 0 Å². The van der Waals surface area contributed by atoms with Crippen LogP contribution in [0.4, 0.5) is 19.1 Å². The summed E-state index contributed by atoms with van der Waals surface area (Å²) in [6, 6.07) is 10.3.